The molecule has 3 N–H and O–H groups in total. The fourth-order valence-electron chi connectivity index (χ4n) is 5.43. The second-order valence-corrected chi connectivity index (χ2v) is 12.7. The zero-order valence-corrected chi connectivity index (χ0v) is 26.6. The molecule has 1 aromatic carbocycles. The first kappa shape index (κ1) is 34.4. The summed E-state index contributed by atoms with van der Waals surface area (Å²) in [5, 5.41) is 17.2. The molecule has 232 valence electrons. The molecule has 2 rings (SSSR count). The van der Waals surface area contributed by atoms with Gasteiger partial charge in [-0.05, 0) is 58.4 Å². The minimum Gasteiger partial charge on any atom is -0.507 e. The predicted molar refractivity (Wildman–Crippen MR) is 164 cm³/mol. The maximum Gasteiger partial charge on any atom is 0.408 e. The van der Waals surface area contributed by atoms with Gasteiger partial charge in [0.15, 0.2) is 0 Å². The molecule has 8 nitrogen and oxygen atoms in total. The van der Waals surface area contributed by atoms with Gasteiger partial charge in [0.25, 0.3) is 0 Å². The number of hydrogen-bond acceptors (Lipinski definition) is 5. The van der Waals surface area contributed by atoms with Crippen LogP contribution in [-0.4, -0.2) is 52.1 Å². The molecule has 0 bridgehead atoms. The fraction of sp³-hybridized carbons (Fsp3) is 0.727. The van der Waals surface area contributed by atoms with Crippen LogP contribution in [0.4, 0.5) is 4.79 Å². The highest BCUT2D eigenvalue weighted by molar-refractivity contribution is 5.93. The van der Waals surface area contributed by atoms with E-state index in [1.807, 2.05) is 13.8 Å². The third kappa shape index (κ3) is 10.9. The Morgan fingerprint density at radius 3 is 2.32 bits per heavy atom. The van der Waals surface area contributed by atoms with Gasteiger partial charge in [0.1, 0.15) is 23.4 Å². The Kier molecular flexibility index (Phi) is 14.0. The van der Waals surface area contributed by atoms with E-state index in [0.717, 1.165) is 57.8 Å². The number of nitrogens with one attached hydrogen (secondary N) is 2. The second kappa shape index (κ2) is 16.6. The lowest BCUT2D eigenvalue weighted by molar-refractivity contribution is -0.144. The quantitative estimate of drug-likeness (QED) is 0.209. The van der Waals surface area contributed by atoms with Crippen LogP contribution < -0.4 is 10.6 Å². The zero-order valence-electron chi connectivity index (χ0n) is 26.6. The Morgan fingerprint density at radius 2 is 1.71 bits per heavy atom. The van der Waals surface area contributed by atoms with Gasteiger partial charge >= 0.3 is 6.09 Å². The van der Waals surface area contributed by atoms with Gasteiger partial charge < -0.3 is 25.4 Å². The van der Waals surface area contributed by atoms with Gasteiger partial charge in [0.05, 0.1) is 0 Å². The van der Waals surface area contributed by atoms with Crippen LogP contribution in [0.25, 0.3) is 0 Å². The van der Waals surface area contributed by atoms with Crippen LogP contribution in [0.5, 0.6) is 5.75 Å². The molecule has 0 spiro atoms. The Hall–Kier alpha value is -2.77. The standard InChI is InChI=1S/C33H55N3O5/c1-8-10-11-12-16-22-36(31(39)27(23(3)9-2)35-32(40)41-33(5,6)7)28(26-21-17-18-24(4)29(26)37)30(38)34-25-19-14-13-15-20-25/h17-18,21,23,25,27-28,37H,8-16,19-20,22H2,1-7H3,(H,34,38)(H,35,40). The number of phenols is 1. The number of carbonyl (C=O) groups is 3. The van der Waals surface area contributed by atoms with Gasteiger partial charge in [-0.3, -0.25) is 9.59 Å². The van der Waals surface area contributed by atoms with Crippen molar-refractivity contribution in [2.24, 2.45) is 5.92 Å². The van der Waals surface area contributed by atoms with Crippen LogP contribution >= 0.6 is 0 Å². The van der Waals surface area contributed by atoms with Crippen molar-refractivity contribution in [2.45, 2.75) is 143 Å². The number of nitrogens with zero attached hydrogens (tertiary/aromatic N) is 1. The highest BCUT2D eigenvalue weighted by Crippen LogP contribution is 2.34. The number of amides is 3. The van der Waals surface area contributed by atoms with Crippen molar-refractivity contribution >= 4 is 17.9 Å². The normalized spacial score (nSPS) is 16.4. The highest BCUT2D eigenvalue weighted by atomic mass is 16.6. The molecule has 3 amide bonds. The number of unbranched alkanes of at least 4 members (excludes halogenated alkanes) is 4. The van der Waals surface area contributed by atoms with Crippen molar-refractivity contribution in [1.29, 1.82) is 0 Å². The molecule has 0 heterocycles. The Balaban J connectivity index is 2.53. The van der Waals surface area contributed by atoms with Crippen molar-refractivity contribution in [1.82, 2.24) is 15.5 Å². The molecule has 0 aromatic heterocycles. The van der Waals surface area contributed by atoms with E-state index < -0.39 is 23.8 Å². The number of rotatable bonds is 14. The third-order valence-electron chi connectivity index (χ3n) is 8.01. The molecule has 3 atom stereocenters. The number of ether oxygens (including phenoxy) is 1. The number of alkyl carbamates (subject to hydrolysis) is 1. The van der Waals surface area contributed by atoms with Crippen LogP contribution in [0.2, 0.25) is 0 Å². The van der Waals surface area contributed by atoms with Crippen LogP contribution in [0, 0.1) is 12.8 Å². The summed E-state index contributed by atoms with van der Waals surface area (Å²) >= 11 is 0. The monoisotopic (exact) mass is 573 g/mol. The lowest BCUT2D eigenvalue weighted by atomic mass is 9.93. The summed E-state index contributed by atoms with van der Waals surface area (Å²) < 4.78 is 5.51. The molecule has 0 aliphatic heterocycles. The molecule has 0 saturated heterocycles. The van der Waals surface area contributed by atoms with Gasteiger partial charge in [-0.1, -0.05) is 90.3 Å². The van der Waals surface area contributed by atoms with E-state index >= 15 is 0 Å². The summed E-state index contributed by atoms with van der Waals surface area (Å²) in [6, 6.07) is 3.45. The minimum absolute atomic E-state index is 0.0141. The highest BCUT2D eigenvalue weighted by Gasteiger charge is 2.39. The molecule has 1 fully saturated rings. The summed E-state index contributed by atoms with van der Waals surface area (Å²) in [5.41, 5.74) is 0.320. The second-order valence-electron chi connectivity index (χ2n) is 12.7. The van der Waals surface area contributed by atoms with E-state index in [4.69, 9.17) is 4.74 Å². The fourth-order valence-corrected chi connectivity index (χ4v) is 5.43. The Morgan fingerprint density at radius 1 is 1.05 bits per heavy atom. The molecule has 1 saturated carbocycles. The van der Waals surface area contributed by atoms with Gasteiger partial charge in [0.2, 0.25) is 11.8 Å². The largest absolute Gasteiger partial charge is 0.507 e. The first-order chi connectivity index (χ1) is 19.4. The SMILES string of the molecule is CCCCCCCN(C(=O)C(NC(=O)OC(C)(C)C)C(C)CC)C(C(=O)NC1CCCCC1)c1cccc(C)c1O. The Labute approximate surface area is 248 Å². The van der Waals surface area contributed by atoms with Gasteiger partial charge in [-0.2, -0.15) is 0 Å². The molecule has 3 unspecified atom stereocenters. The first-order valence-corrected chi connectivity index (χ1v) is 15.8. The zero-order chi connectivity index (χ0) is 30.6. The minimum atomic E-state index is -1.03. The molecular weight excluding hydrogens is 518 g/mol. The van der Waals surface area contributed by atoms with Crippen molar-refractivity contribution in [3.63, 3.8) is 0 Å². The maximum absolute atomic E-state index is 14.5. The van der Waals surface area contributed by atoms with Crippen LogP contribution in [0.15, 0.2) is 18.2 Å². The number of hydrogen-bond donors (Lipinski definition) is 3. The predicted octanol–water partition coefficient (Wildman–Crippen LogP) is 6.93. The molecule has 8 heteroatoms. The van der Waals surface area contributed by atoms with E-state index in [0.29, 0.717) is 30.5 Å². The number of aromatic hydroxyl groups is 1. The van der Waals surface area contributed by atoms with E-state index in [9.17, 15) is 19.5 Å². The van der Waals surface area contributed by atoms with Crippen LogP contribution in [0.3, 0.4) is 0 Å². The summed E-state index contributed by atoms with van der Waals surface area (Å²) in [7, 11) is 0. The Bertz CT molecular complexity index is 984. The summed E-state index contributed by atoms with van der Waals surface area (Å²) in [5.74, 6) is -0.823. The number of phenolic OH excluding ortho intramolecular Hbond substituents is 1. The molecule has 1 aliphatic carbocycles. The average molecular weight is 574 g/mol. The molecule has 0 radical (unpaired) electrons. The maximum atomic E-state index is 14.5. The van der Waals surface area contributed by atoms with E-state index in [-0.39, 0.29) is 29.5 Å². The molecular formula is C33H55N3O5. The van der Waals surface area contributed by atoms with E-state index in [1.54, 1.807) is 50.8 Å². The topological polar surface area (TPSA) is 108 Å². The van der Waals surface area contributed by atoms with Crippen molar-refractivity contribution in [2.75, 3.05) is 6.54 Å². The lowest BCUT2D eigenvalue weighted by Gasteiger charge is -2.37. The number of aryl methyl sites for hydroxylation is 1. The van der Waals surface area contributed by atoms with Gasteiger partial charge in [0, 0.05) is 18.2 Å². The number of carbonyl (C=O) groups excluding carboxylic acids is 3. The average Bonchev–Trinajstić information content (AvgIpc) is 2.91. The van der Waals surface area contributed by atoms with Crippen molar-refractivity contribution < 1.29 is 24.2 Å². The summed E-state index contributed by atoms with van der Waals surface area (Å²) in [4.78, 5) is 43.0. The third-order valence-corrected chi connectivity index (χ3v) is 8.01. The van der Waals surface area contributed by atoms with Gasteiger partial charge in [-0.25, -0.2) is 4.79 Å². The van der Waals surface area contributed by atoms with Crippen molar-refractivity contribution in [3.05, 3.63) is 29.3 Å². The molecule has 1 aliphatic rings. The van der Waals surface area contributed by atoms with Gasteiger partial charge in [-0.15, -0.1) is 0 Å². The van der Waals surface area contributed by atoms with E-state index in [2.05, 4.69) is 17.6 Å². The van der Waals surface area contributed by atoms with Crippen LogP contribution in [-0.2, 0) is 14.3 Å². The molecule has 1 aromatic rings. The molecule has 41 heavy (non-hydrogen) atoms. The van der Waals surface area contributed by atoms with Crippen molar-refractivity contribution in [3.8, 4) is 5.75 Å². The number of benzene rings is 1. The van der Waals surface area contributed by atoms with E-state index in [1.165, 1.54) is 0 Å². The first-order valence-electron chi connectivity index (χ1n) is 15.8. The lowest BCUT2D eigenvalue weighted by Crippen LogP contribution is -2.56. The summed E-state index contributed by atoms with van der Waals surface area (Å²) in [6.45, 7) is 13.5. The van der Waals surface area contributed by atoms with Crippen LogP contribution in [0.1, 0.15) is 129 Å². The number of para-hydroxylation sites is 1. The smallest absolute Gasteiger partial charge is 0.408 e. The summed E-state index contributed by atoms with van der Waals surface area (Å²) in [6.07, 6.45) is 9.93.